The normalized spacial score (nSPS) is 13.0. The van der Waals surface area contributed by atoms with E-state index in [0.717, 1.165) is 54.7 Å². The SMILES string of the molecule is CCCCc1nc2ccccn2c(=O)c1-c1ccc2c(c1)CCN2. The maximum Gasteiger partial charge on any atom is 0.265 e. The van der Waals surface area contributed by atoms with Gasteiger partial charge in [-0.15, -0.1) is 0 Å². The highest BCUT2D eigenvalue weighted by Gasteiger charge is 2.17. The van der Waals surface area contributed by atoms with Gasteiger partial charge < -0.3 is 5.32 Å². The first-order valence-electron chi connectivity index (χ1n) is 8.65. The van der Waals surface area contributed by atoms with Gasteiger partial charge in [-0.1, -0.05) is 25.5 Å². The largest absolute Gasteiger partial charge is 0.384 e. The predicted molar refractivity (Wildman–Crippen MR) is 97.7 cm³/mol. The Morgan fingerprint density at radius 2 is 2.17 bits per heavy atom. The van der Waals surface area contributed by atoms with Crippen LogP contribution in [0.4, 0.5) is 5.69 Å². The molecule has 0 amide bonds. The molecule has 0 radical (unpaired) electrons. The van der Waals surface area contributed by atoms with Crippen LogP contribution in [0, 0.1) is 0 Å². The second-order valence-corrected chi connectivity index (χ2v) is 6.32. The minimum Gasteiger partial charge on any atom is -0.384 e. The highest BCUT2D eigenvalue weighted by molar-refractivity contribution is 5.71. The molecule has 1 aliphatic heterocycles. The van der Waals surface area contributed by atoms with Gasteiger partial charge in [0.1, 0.15) is 5.65 Å². The molecule has 0 saturated carbocycles. The van der Waals surface area contributed by atoms with Crippen LogP contribution in [0.5, 0.6) is 0 Å². The molecule has 24 heavy (non-hydrogen) atoms. The third-order valence-electron chi connectivity index (χ3n) is 4.68. The molecule has 4 nitrogen and oxygen atoms in total. The fraction of sp³-hybridized carbons (Fsp3) is 0.300. The zero-order valence-corrected chi connectivity index (χ0v) is 13.9. The Hall–Kier alpha value is -2.62. The van der Waals surface area contributed by atoms with Gasteiger partial charge in [-0.3, -0.25) is 9.20 Å². The van der Waals surface area contributed by atoms with E-state index in [1.807, 2.05) is 24.3 Å². The number of nitrogens with zero attached hydrogens (tertiary/aromatic N) is 2. The number of nitrogens with one attached hydrogen (secondary N) is 1. The van der Waals surface area contributed by atoms with Gasteiger partial charge in [0.25, 0.3) is 5.56 Å². The smallest absolute Gasteiger partial charge is 0.265 e. The summed E-state index contributed by atoms with van der Waals surface area (Å²) < 4.78 is 1.65. The van der Waals surface area contributed by atoms with Crippen LogP contribution >= 0.6 is 0 Å². The van der Waals surface area contributed by atoms with Crippen LogP contribution < -0.4 is 10.9 Å². The van der Waals surface area contributed by atoms with E-state index in [2.05, 4.69) is 24.4 Å². The molecular weight excluding hydrogens is 298 g/mol. The Kier molecular flexibility index (Phi) is 3.81. The Balaban J connectivity index is 1.95. The number of aryl methyl sites for hydroxylation is 1. The maximum absolute atomic E-state index is 13.1. The first-order valence-corrected chi connectivity index (χ1v) is 8.65. The minimum atomic E-state index is 0.0256. The summed E-state index contributed by atoms with van der Waals surface area (Å²) in [5.74, 6) is 0. The summed E-state index contributed by atoms with van der Waals surface area (Å²) in [5.41, 5.74) is 5.87. The van der Waals surface area contributed by atoms with Crippen LogP contribution in [0.25, 0.3) is 16.8 Å². The Morgan fingerprint density at radius 3 is 3.04 bits per heavy atom. The zero-order chi connectivity index (χ0) is 16.5. The molecule has 0 bridgehead atoms. The van der Waals surface area contributed by atoms with Crippen molar-refractivity contribution in [1.82, 2.24) is 9.38 Å². The monoisotopic (exact) mass is 319 g/mol. The standard InChI is InChI=1S/C20H21N3O/c1-2-3-6-17-19(15-8-9-16-14(13-15)10-11-21-16)20(24)23-12-5-4-7-18(23)22-17/h4-5,7-9,12-13,21H,2-3,6,10-11H2,1H3. The molecule has 0 atom stereocenters. The van der Waals surface area contributed by atoms with Crippen molar-refractivity contribution in [2.24, 2.45) is 0 Å². The second kappa shape index (κ2) is 6.11. The van der Waals surface area contributed by atoms with Crippen molar-refractivity contribution in [1.29, 1.82) is 0 Å². The summed E-state index contributed by atoms with van der Waals surface area (Å²) in [4.78, 5) is 17.9. The van der Waals surface area contributed by atoms with Crippen molar-refractivity contribution in [2.45, 2.75) is 32.6 Å². The summed E-state index contributed by atoms with van der Waals surface area (Å²) in [5, 5.41) is 3.37. The molecule has 0 fully saturated rings. The van der Waals surface area contributed by atoms with Gasteiger partial charge >= 0.3 is 0 Å². The van der Waals surface area contributed by atoms with E-state index >= 15 is 0 Å². The fourth-order valence-electron chi connectivity index (χ4n) is 3.41. The number of anilines is 1. The molecule has 0 aliphatic carbocycles. The van der Waals surface area contributed by atoms with Crippen LogP contribution in [0.3, 0.4) is 0 Å². The van der Waals surface area contributed by atoms with Gasteiger partial charge in [0.15, 0.2) is 0 Å². The lowest BCUT2D eigenvalue weighted by Crippen LogP contribution is -2.20. The lowest BCUT2D eigenvalue weighted by Gasteiger charge is -2.12. The maximum atomic E-state index is 13.1. The number of unbranched alkanes of at least 4 members (excludes halogenated alkanes) is 1. The van der Waals surface area contributed by atoms with Crippen LogP contribution in [0.15, 0.2) is 47.4 Å². The minimum absolute atomic E-state index is 0.0256. The summed E-state index contributed by atoms with van der Waals surface area (Å²) >= 11 is 0. The van der Waals surface area contributed by atoms with E-state index in [1.54, 1.807) is 10.6 Å². The number of hydrogen-bond donors (Lipinski definition) is 1. The third-order valence-corrected chi connectivity index (χ3v) is 4.68. The number of hydrogen-bond acceptors (Lipinski definition) is 3. The average Bonchev–Trinajstić information content (AvgIpc) is 3.07. The van der Waals surface area contributed by atoms with Crippen LogP contribution in [0.2, 0.25) is 0 Å². The van der Waals surface area contributed by atoms with Crippen LogP contribution in [-0.2, 0) is 12.8 Å². The molecular formula is C20H21N3O. The zero-order valence-electron chi connectivity index (χ0n) is 13.9. The molecule has 0 unspecified atom stereocenters. The lowest BCUT2D eigenvalue weighted by atomic mass is 9.99. The summed E-state index contributed by atoms with van der Waals surface area (Å²) in [6.07, 6.45) is 5.77. The average molecular weight is 319 g/mol. The molecule has 2 aromatic heterocycles. The van der Waals surface area contributed by atoms with Crippen LogP contribution in [0.1, 0.15) is 31.0 Å². The van der Waals surface area contributed by atoms with Gasteiger partial charge in [-0.05, 0) is 54.7 Å². The van der Waals surface area contributed by atoms with E-state index in [4.69, 9.17) is 4.98 Å². The molecule has 0 saturated heterocycles. The van der Waals surface area contributed by atoms with Crippen molar-refractivity contribution >= 4 is 11.3 Å². The molecule has 0 spiro atoms. The predicted octanol–water partition coefficient (Wildman–Crippen LogP) is 3.67. The van der Waals surface area contributed by atoms with Gasteiger partial charge in [-0.25, -0.2) is 4.98 Å². The van der Waals surface area contributed by atoms with Crippen LogP contribution in [-0.4, -0.2) is 15.9 Å². The van der Waals surface area contributed by atoms with E-state index in [9.17, 15) is 4.79 Å². The van der Waals surface area contributed by atoms with E-state index in [0.29, 0.717) is 0 Å². The van der Waals surface area contributed by atoms with Crippen molar-refractivity contribution < 1.29 is 0 Å². The fourth-order valence-corrected chi connectivity index (χ4v) is 3.41. The molecule has 1 aromatic carbocycles. The quantitative estimate of drug-likeness (QED) is 0.798. The van der Waals surface area contributed by atoms with Gasteiger partial charge in [0, 0.05) is 18.4 Å². The number of benzene rings is 1. The molecule has 3 aromatic rings. The van der Waals surface area contributed by atoms with E-state index in [1.165, 1.54) is 11.3 Å². The Bertz CT molecular complexity index is 959. The molecule has 3 heterocycles. The number of rotatable bonds is 4. The summed E-state index contributed by atoms with van der Waals surface area (Å²) in [7, 11) is 0. The molecule has 4 heteroatoms. The molecule has 4 rings (SSSR count). The molecule has 1 N–H and O–H groups in total. The number of pyridine rings is 1. The highest BCUT2D eigenvalue weighted by Crippen LogP contribution is 2.29. The van der Waals surface area contributed by atoms with Gasteiger partial charge in [-0.2, -0.15) is 0 Å². The third kappa shape index (κ3) is 2.48. The second-order valence-electron chi connectivity index (χ2n) is 6.32. The number of aromatic nitrogens is 2. The van der Waals surface area contributed by atoms with E-state index < -0.39 is 0 Å². The summed E-state index contributed by atoms with van der Waals surface area (Å²) in [6, 6.07) is 12.0. The van der Waals surface area contributed by atoms with Crippen molar-refractivity contribution in [3.05, 3.63) is 64.2 Å². The van der Waals surface area contributed by atoms with Gasteiger partial charge in [0.2, 0.25) is 0 Å². The van der Waals surface area contributed by atoms with Gasteiger partial charge in [0.05, 0.1) is 11.3 Å². The summed E-state index contributed by atoms with van der Waals surface area (Å²) in [6.45, 7) is 3.13. The Morgan fingerprint density at radius 1 is 1.25 bits per heavy atom. The topological polar surface area (TPSA) is 46.4 Å². The first kappa shape index (κ1) is 14.9. The highest BCUT2D eigenvalue weighted by atomic mass is 16.1. The van der Waals surface area contributed by atoms with E-state index in [-0.39, 0.29) is 5.56 Å². The van der Waals surface area contributed by atoms with Crippen molar-refractivity contribution in [3.63, 3.8) is 0 Å². The first-order chi connectivity index (χ1) is 11.8. The number of fused-ring (bicyclic) bond motifs is 2. The van der Waals surface area contributed by atoms with Crippen molar-refractivity contribution in [2.75, 3.05) is 11.9 Å². The Labute approximate surface area is 141 Å². The lowest BCUT2D eigenvalue weighted by molar-refractivity contribution is 0.774. The van der Waals surface area contributed by atoms with Crippen molar-refractivity contribution in [3.8, 4) is 11.1 Å². The molecule has 1 aliphatic rings. The molecule has 122 valence electrons.